The van der Waals surface area contributed by atoms with Crippen LogP contribution >= 0.6 is 0 Å². The maximum atomic E-state index is 12.1. The highest BCUT2D eigenvalue weighted by Gasteiger charge is 2.32. The van der Waals surface area contributed by atoms with Gasteiger partial charge in [-0.3, -0.25) is 4.79 Å². The van der Waals surface area contributed by atoms with Crippen LogP contribution in [0, 0.1) is 5.92 Å². The molecular formula is C17H21NO3. The van der Waals surface area contributed by atoms with Crippen molar-refractivity contribution in [3.05, 3.63) is 48.2 Å². The first-order valence-corrected chi connectivity index (χ1v) is 7.25. The molecule has 1 aliphatic heterocycles. The summed E-state index contributed by atoms with van der Waals surface area (Å²) in [6.45, 7) is 4.92. The molecule has 0 N–H and O–H groups in total. The first kappa shape index (κ1) is 15.3. The third-order valence-electron chi connectivity index (χ3n) is 3.90. The van der Waals surface area contributed by atoms with E-state index in [-0.39, 0.29) is 24.0 Å². The number of carbonyl (C=O) groups is 2. The van der Waals surface area contributed by atoms with Crippen LogP contribution in [0.15, 0.2) is 42.6 Å². The minimum Gasteiger partial charge on any atom is -0.458 e. The van der Waals surface area contributed by atoms with Gasteiger partial charge < -0.3 is 9.64 Å². The summed E-state index contributed by atoms with van der Waals surface area (Å²) in [6, 6.07) is 9.30. The first-order chi connectivity index (χ1) is 10.1. The molecule has 0 aliphatic carbocycles. The first-order valence-electron chi connectivity index (χ1n) is 7.25. The van der Waals surface area contributed by atoms with Gasteiger partial charge in [-0.2, -0.15) is 0 Å². The minimum absolute atomic E-state index is 0.0893. The van der Waals surface area contributed by atoms with Crippen molar-refractivity contribution in [2.75, 3.05) is 6.54 Å². The number of nitrogens with zero attached hydrogens (tertiary/aromatic N) is 1. The van der Waals surface area contributed by atoms with E-state index in [0.29, 0.717) is 5.56 Å². The SMILES string of the molecule is C[C@@H]1CN(/C=C/C=O)[C@@H](C)C[C@@H]1OC(=O)c1ccccc1. The lowest BCUT2D eigenvalue weighted by Gasteiger charge is -2.40. The van der Waals surface area contributed by atoms with E-state index in [1.807, 2.05) is 24.4 Å². The molecular weight excluding hydrogens is 266 g/mol. The number of hydrogen-bond acceptors (Lipinski definition) is 4. The van der Waals surface area contributed by atoms with Gasteiger partial charge in [0.05, 0.1) is 5.56 Å². The highest BCUT2D eigenvalue weighted by molar-refractivity contribution is 5.89. The molecule has 0 radical (unpaired) electrons. The van der Waals surface area contributed by atoms with Gasteiger partial charge in [0.25, 0.3) is 0 Å². The van der Waals surface area contributed by atoms with E-state index >= 15 is 0 Å². The van der Waals surface area contributed by atoms with Crippen molar-refractivity contribution in [2.45, 2.75) is 32.4 Å². The Balaban J connectivity index is 1.98. The second-order valence-electron chi connectivity index (χ2n) is 5.55. The Morgan fingerprint density at radius 3 is 2.67 bits per heavy atom. The van der Waals surface area contributed by atoms with Crippen LogP contribution in [-0.2, 0) is 9.53 Å². The molecule has 1 aliphatic rings. The van der Waals surface area contributed by atoms with Gasteiger partial charge in [-0.1, -0.05) is 25.1 Å². The van der Waals surface area contributed by atoms with Crippen molar-refractivity contribution in [3.63, 3.8) is 0 Å². The predicted octanol–water partition coefficient (Wildman–Crippen LogP) is 2.65. The smallest absolute Gasteiger partial charge is 0.338 e. The van der Waals surface area contributed by atoms with E-state index < -0.39 is 0 Å². The molecule has 0 amide bonds. The van der Waals surface area contributed by atoms with Crippen molar-refractivity contribution in [1.29, 1.82) is 0 Å². The van der Waals surface area contributed by atoms with Crippen LogP contribution in [0.3, 0.4) is 0 Å². The van der Waals surface area contributed by atoms with E-state index in [4.69, 9.17) is 4.74 Å². The molecule has 0 saturated carbocycles. The lowest BCUT2D eigenvalue weighted by Crippen LogP contribution is -2.46. The molecule has 112 valence electrons. The number of allylic oxidation sites excluding steroid dienone is 1. The topological polar surface area (TPSA) is 46.6 Å². The molecule has 1 heterocycles. The third kappa shape index (κ3) is 3.94. The quantitative estimate of drug-likeness (QED) is 0.485. The van der Waals surface area contributed by atoms with Crippen LogP contribution < -0.4 is 0 Å². The molecule has 0 spiro atoms. The van der Waals surface area contributed by atoms with Crippen LogP contribution in [0.4, 0.5) is 0 Å². The second kappa shape index (κ2) is 7.07. The lowest BCUT2D eigenvalue weighted by molar-refractivity contribution is -0.104. The zero-order valence-corrected chi connectivity index (χ0v) is 12.4. The number of likely N-dealkylation sites (tertiary alicyclic amines) is 1. The maximum Gasteiger partial charge on any atom is 0.338 e. The second-order valence-corrected chi connectivity index (χ2v) is 5.55. The van der Waals surface area contributed by atoms with Gasteiger partial charge in [0.1, 0.15) is 12.4 Å². The molecule has 3 atom stereocenters. The molecule has 21 heavy (non-hydrogen) atoms. The zero-order chi connectivity index (χ0) is 15.2. The van der Waals surface area contributed by atoms with Gasteiger partial charge in [0.15, 0.2) is 0 Å². The third-order valence-corrected chi connectivity index (χ3v) is 3.90. The number of esters is 1. The van der Waals surface area contributed by atoms with Crippen LogP contribution in [-0.4, -0.2) is 35.8 Å². The van der Waals surface area contributed by atoms with E-state index in [1.54, 1.807) is 12.1 Å². The van der Waals surface area contributed by atoms with Gasteiger partial charge in [-0.25, -0.2) is 4.79 Å². The van der Waals surface area contributed by atoms with Crippen molar-refractivity contribution in [3.8, 4) is 0 Å². The Morgan fingerprint density at radius 2 is 2.00 bits per heavy atom. The molecule has 4 nitrogen and oxygen atoms in total. The van der Waals surface area contributed by atoms with Crippen LogP contribution in [0.5, 0.6) is 0 Å². The Morgan fingerprint density at radius 1 is 1.29 bits per heavy atom. The summed E-state index contributed by atoms with van der Waals surface area (Å²) < 4.78 is 5.65. The Labute approximate surface area is 125 Å². The summed E-state index contributed by atoms with van der Waals surface area (Å²) in [5.41, 5.74) is 0.584. The molecule has 0 aromatic heterocycles. The molecule has 1 aromatic rings. The maximum absolute atomic E-state index is 12.1. The number of piperidine rings is 1. The summed E-state index contributed by atoms with van der Waals surface area (Å²) in [7, 11) is 0. The average Bonchev–Trinajstić information content (AvgIpc) is 2.50. The van der Waals surface area contributed by atoms with Crippen LogP contribution in [0.25, 0.3) is 0 Å². The van der Waals surface area contributed by atoms with Crippen LogP contribution in [0.1, 0.15) is 30.6 Å². The summed E-state index contributed by atoms with van der Waals surface area (Å²) in [6.07, 6.45) is 4.76. The van der Waals surface area contributed by atoms with Crippen molar-refractivity contribution < 1.29 is 14.3 Å². The van der Waals surface area contributed by atoms with Gasteiger partial charge in [0, 0.05) is 31.1 Å². The fourth-order valence-corrected chi connectivity index (χ4v) is 2.63. The summed E-state index contributed by atoms with van der Waals surface area (Å²) in [5, 5.41) is 0. The van der Waals surface area contributed by atoms with Crippen molar-refractivity contribution >= 4 is 12.3 Å². The van der Waals surface area contributed by atoms with Gasteiger partial charge >= 0.3 is 5.97 Å². The Bertz CT molecular complexity index is 512. The molecule has 1 aromatic carbocycles. The minimum atomic E-state index is -0.267. The average molecular weight is 287 g/mol. The number of aldehydes is 1. The fourth-order valence-electron chi connectivity index (χ4n) is 2.63. The van der Waals surface area contributed by atoms with Crippen molar-refractivity contribution in [2.24, 2.45) is 5.92 Å². The lowest BCUT2D eigenvalue weighted by atomic mass is 9.92. The summed E-state index contributed by atoms with van der Waals surface area (Å²) >= 11 is 0. The molecule has 1 fully saturated rings. The summed E-state index contributed by atoms with van der Waals surface area (Å²) in [5.74, 6) is -0.0401. The van der Waals surface area contributed by atoms with E-state index in [0.717, 1.165) is 19.3 Å². The number of ether oxygens (including phenoxy) is 1. The number of benzene rings is 1. The largest absolute Gasteiger partial charge is 0.458 e. The number of carbonyl (C=O) groups excluding carboxylic acids is 2. The highest BCUT2D eigenvalue weighted by atomic mass is 16.5. The predicted molar refractivity (Wildman–Crippen MR) is 80.8 cm³/mol. The number of hydrogen-bond donors (Lipinski definition) is 0. The fraction of sp³-hybridized carbons (Fsp3) is 0.412. The van der Waals surface area contributed by atoms with Crippen LogP contribution in [0.2, 0.25) is 0 Å². The van der Waals surface area contributed by atoms with E-state index in [2.05, 4.69) is 18.7 Å². The molecule has 4 heteroatoms. The standard InChI is InChI=1S/C17H21NO3/c1-13-12-18(9-6-10-19)14(2)11-16(13)21-17(20)15-7-4-3-5-8-15/h3-10,13-14,16H,11-12H2,1-2H3/b9-6+/t13-,14+,16+/m1/s1. The Kier molecular flexibility index (Phi) is 5.14. The molecule has 2 rings (SSSR count). The van der Waals surface area contributed by atoms with Gasteiger partial charge in [0.2, 0.25) is 0 Å². The normalized spacial score (nSPS) is 25.8. The molecule has 0 bridgehead atoms. The number of rotatable bonds is 4. The molecule has 0 unspecified atom stereocenters. The molecule has 1 saturated heterocycles. The van der Waals surface area contributed by atoms with E-state index in [9.17, 15) is 9.59 Å². The van der Waals surface area contributed by atoms with E-state index in [1.165, 1.54) is 6.08 Å². The Hall–Kier alpha value is -2.10. The monoisotopic (exact) mass is 287 g/mol. The van der Waals surface area contributed by atoms with Gasteiger partial charge in [-0.15, -0.1) is 0 Å². The highest BCUT2D eigenvalue weighted by Crippen LogP contribution is 2.25. The van der Waals surface area contributed by atoms with Gasteiger partial charge in [-0.05, 0) is 25.1 Å². The zero-order valence-electron chi connectivity index (χ0n) is 12.4. The van der Waals surface area contributed by atoms with Crippen molar-refractivity contribution in [1.82, 2.24) is 4.90 Å². The summed E-state index contributed by atoms with van der Waals surface area (Å²) in [4.78, 5) is 24.7.